The minimum absolute atomic E-state index is 0.0628. The molecule has 5 heteroatoms. The van der Waals surface area contributed by atoms with Crippen LogP contribution in [-0.4, -0.2) is 22.2 Å². The molecule has 0 aliphatic heterocycles. The molecule has 2 N–H and O–H groups in total. The highest BCUT2D eigenvalue weighted by Gasteiger charge is 2.32. The first-order chi connectivity index (χ1) is 9.31. The maximum atomic E-state index is 9.57. The maximum absolute atomic E-state index is 9.57. The Labute approximate surface area is 121 Å². The van der Waals surface area contributed by atoms with Crippen LogP contribution in [0.3, 0.4) is 0 Å². The number of aromatic nitrogens is 1. The van der Waals surface area contributed by atoms with Crippen molar-refractivity contribution in [2.45, 2.75) is 37.8 Å². The van der Waals surface area contributed by atoms with E-state index in [1.807, 2.05) is 0 Å². The average Bonchev–Trinajstić information content (AvgIpc) is 3.17. The fraction of sp³-hybridized carbons (Fsp3) is 0.500. The number of thiazole rings is 1. The van der Waals surface area contributed by atoms with Crippen molar-refractivity contribution >= 4 is 22.7 Å². The van der Waals surface area contributed by atoms with Gasteiger partial charge in [0.25, 0.3) is 0 Å². The summed E-state index contributed by atoms with van der Waals surface area (Å²) >= 11 is 3.42. The Morgan fingerprint density at radius 2 is 2.16 bits per heavy atom. The van der Waals surface area contributed by atoms with Gasteiger partial charge in [-0.25, -0.2) is 4.98 Å². The highest BCUT2D eigenvalue weighted by Crippen LogP contribution is 2.31. The zero-order valence-corrected chi connectivity index (χ0v) is 12.4. The second-order valence-corrected chi connectivity index (χ2v) is 6.93. The molecule has 0 unspecified atom stereocenters. The second kappa shape index (κ2) is 5.71. The van der Waals surface area contributed by atoms with Crippen LogP contribution in [-0.2, 0) is 6.54 Å². The van der Waals surface area contributed by atoms with Crippen LogP contribution in [0.15, 0.2) is 22.9 Å². The molecule has 3 rings (SSSR count). The van der Waals surface area contributed by atoms with Crippen molar-refractivity contribution in [3.05, 3.63) is 28.6 Å². The molecule has 3 nitrogen and oxygen atoms in total. The third kappa shape index (κ3) is 2.89. The lowest BCUT2D eigenvalue weighted by molar-refractivity contribution is 0.162. The van der Waals surface area contributed by atoms with Gasteiger partial charge in [0, 0.05) is 17.5 Å². The van der Waals surface area contributed by atoms with Crippen molar-refractivity contribution in [3.63, 3.8) is 0 Å². The van der Waals surface area contributed by atoms with E-state index in [1.54, 1.807) is 22.7 Å². The number of nitrogens with zero attached hydrogens (tertiary/aromatic N) is 1. The van der Waals surface area contributed by atoms with E-state index in [4.69, 9.17) is 0 Å². The smallest absolute Gasteiger partial charge is 0.133 e. The Kier molecular flexibility index (Phi) is 3.98. The van der Waals surface area contributed by atoms with Gasteiger partial charge in [0.1, 0.15) is 5.01 Å². The Balaban J connectivity index is 1.64. The molecule has 19 heavy (non-hydrogen) atoms. The summed E-state index contributed by atoms with van der Waals surface area (Å²) in [5, 5.41) is 18.4. The number of nitrogens with one attached hydrogen (secondary N) is 1. The quantitative estimate of drug-likeness (QED) is 0.889. The molecule has 1 fully saturated rings. The third-order valence-corrected chi connectivity index (χ3v) is 5.72. The Hall–Kier alpha value is -0.750. The van der Waals surface area contributed by atoms with Gasteiger partial charge in [0.05, 0.1) is 17.2 Å². The standard InChI is InChI=1S/C14H18N2OS2/c17-10-14(5-1-2-6-14)15-8-11-9-19-13(16-11)12-4-3-7-18-12/h3-4,7,9,15,17H,1-2,5-6,8,10H2. The largest absolute Gasteiger partial charge is 0.394 e. The van der Waals surface area contributed by atoms with Crippen LogP contribution in [0.2, 0.25) is 0 Å². The average molecular weight is 294 g/mol. The number of hydrogen-bond donors (Lipinski definition) is 2. The lowest BCUT2D eigenvalue weighted by Gasteiger charge is -2.27. The van der Waals surface area contributed by atoms with Gasteiger partial charge in [-0.05, 0) is 24.3 Å². The van der Waals surface area contributed by atoms with E-state index in [-0.39, 0.29) is 12.1 Å². The van der Waals surface area contributed by atoms with Gasteiger partial charge < -0.3 is 10.4 Å². The van der Waals surface area contributed by atoms with E-state index >= 15 is 0 Å². The molecule has 2 aromatic rings. The molecule has 1 saturated carbocycles. The predicted molar refractivity (Wildman–Crippen MR) is 80.6 cm³/mol. The number of rotatable bonds is 5. The maximum Gasteiger partial charge on any atom is 0.133 e. The van der Waals surface area contributed by atoms with Crippen molar-refractivity contribution < 1.29 is 5.11 Å². The zero-order valence-electron chi connectivity index (χ0n) is 10.8. The van der Waals surface area contributed by atoms with Crippen LogP contribution in [0, 0.1) is 0 Å². The summed E-state index contributed by atoms with van der Waals surface area (Å²) in [6.45, 7) is 0.983. The van der Waals surface area contributed by atoms with Crippen molar-refractivity contribution in [1.82, 2.24) is 10.3 Å². The van der Waals surface area contributed by atoms with Crippen molar-refractivity contribution in [2.24, 2.45) is 0 Å². The molecule has 0 spiro atoms. The fourth-order valence-corrected chi connectivity index (χ4v) is 4.26. The lowest BCUT2D eigenvalue weighted by atomic mass is 9.99. The number of aliphatic hydroxyl groups excluding tert-OH is 1. The highest BCUT2D eigenvalue weighted by atomic mass is 32.1. The Morgan fingerprint density at radius 3 is 2.84 bits per heavy atom. The lowest BCUT2D eigenvalue weighted by Crippen LogP contribution is -2.45. The van der Waals surface area contributed by atoms with Crippen LogP contribution in [0.25, 0.3) is 9.88 Å². The van der Waals surface area contributed by atoms with Crippen LogP contribution in [0.1, 0.15) is 31.4 Å². The molecule has 0 atom stereocenters. The molecule has 0 bridgehead atoms. The number of hydrogen-bond acceptors (Lipinski definition) is 5. The summed E-state index contributed by atoms with van der Waals surface area (Å²) in [6, 6.07) is 4.16. The molecule has 2 heterocycles. The van der Waals surface area contributed by atoms with Crippen molar-refractivity contribution in [2.75, 3.05) is 6.61 Å². The molecule has 0 amide bonds. The molecule has 0 aromatic carbocycles. The van der Waals surface area contributed by atoms with Gasteiger partial charge in [0.15, 0.2) is 0 Å². The zero-order chi connectivity index (χ0) is 13.1. The van der Waals surface area contributed by atoms with Crippen LogP contribution in [0.5, 0.6) is 0 Å². The fourth-order valence-electron chi connectivity index (χ4n) is 2.62. The molecule has 1 aliphatic carbocycles. The SMILES string of the molecule is OCC1(NCc2csc(-c3cccs3)n2)CCCC1. The summed E-state index contributed by atoms with van der Waals surface area (Å²) < 4.78 is 0. The summed E-state index contributed by atoms with van der Waals surface area (Å²) in [4.78, 5) is 5.89. The number of aliphatic hydroxyl groups is 1. The minimum atomic E-state index is -0.0628. The van der Waals surface area contributed by atoms with Crippen LogP contribution in [0.4, 0.5) is 0 Å². The van der Waals surface area contributed by atoms with Gasteiger partial charge in [-0.3, -0.25) is 0 Å². The molecular weight excluding hydrogens is 276 g/mol. The van der Waals surface area contributed by atoms with Gasteiger partial charge >= 0.3 is 0 Å². The monoisotopic (exact) mass is 294 g/mol. The van der Waals surface area contributed by atoms with Gasteiger partial charge in [-0.15, -0.1) is 22.7 Å². The normalized spacial score (nSPS) is 17.9. The van der Waals surface area contributed by atoms with E-state index < -0.39 is 0 Å². The summed E-state index contributed by atoms with van der Waals surface area (Å²) in [5.74, 6) is 0. The Bertz CT molecular complexity index is 515. The van der Waals surface area contributed by atoms with E-state index in [9.17, 15) is 5.11 Å². The predicted octanol–water partition coefficient (Wildman–Crippen LogP) is 3.27. The van der Waals surface area contributed by atoms with Crippen LogP contribution < -0.4 is 5.32 Å². The Morgan fingerprint density at radius 1 is 1.32 bits per heavy atom. The highest BCUT2D eigenvalue weighted by molar-refractivity contribution is 7.20. The topological polar surface area (TPSA) is 45.1 Å². The first kappa shape index (κ1) is 13.2. The molecule has 1 aliphatic rings. The summed E-state index contributed by atoms with van der Waals surface area (Å²) in [7, 11) is 0. The molecular formula is C14H18N2OS2. The van der Waals surface area contributed by atoms with Crippen molar-refractivity contribution in [1.29, 1.82) is 0 Å². The second-order valence-electron chi connectivity index (χ2n) is 5.12. The summed E-state index contributed by atoms with van der Waals surface area (Å²) in [5.41, 5.74) is 1.01. The van der Waals surface area contributed by atoms with Crippen LogP contribution >= 0.6 is 22.7 Å². The first-order valence-electron chi connectivity index (χ1n) is 6.65. The van der Waals surface area contributed by atoms with Gasteiger partial charge in [0.2, 0.25) is 0 Å². The minimum Gasteiger partial charge on any atom is -0.394 e. The first-order valence-corrected chi connectivity index (χ1v) is 8.41. The molecule has 2 aromatic heterocycles. The van der Waals surface area contributed by atoms with Gasteiger partial charge in [-0.1, -0.05) is 18.9 Å². The van der Waals surface area contributed by atoms with E-state index in [1.165, 1.54) is 17.7 Å². The number of thiophene rings is 1. The molecule has 0 radical (unpaired) electrons. The van der Waals surface area contributed by atoms with E-state index in [2.05, 4.69) is 33.2 Å². The van der Waals surface area contributed by atoms with Gasteiger partial charge in [-0.2, -0.15) is 0 Å². The van der Waals surface area contributed by atoms with Crippen molar-refractivity contribution in [3.8, 4) is 9.88 Å². The summed E-state index contributed by atoms with van der Waals surface area (Å²) in [6.07, 6.45) is 4.58. The van der Waals surface area contributed by atoms with E-state index in [0.29, 0.717) is 0 Å². The molecule has 102 valence electrons. The third-order valence-electron chi connectivity index (χ3n) is 3.79. The van der Waals surface area contributed by atoms with E-state index in [0.717, 1.165) is 30.1 Å². The molecule has 0 saturated heterocycles.